The molecule has 1 aromatic carbocycles. The van der Waals surface area contributed by atoms with E-state index in [0.29, 0.717) is 29.2 Å². The molecule has 0 aliphatic rings. The number of hydrogen-bond acceptors (Lipinski definition) is 5. The van der Waals surface area contributed by atoms with Crippen molar-refractivity contribution in [2.45, 2.75) is 6.92 Å². The topological polar surface area (TPSA) is 80.8 Å². The molecule has 0 fully saturated rings. The van der Waals surface area contributed by atoms with Gasteiger partial charge in [0.1, 0.15) is 6.07 Å². The minimum Gasteiger partial charge on any atom is -0.462 e. The Kier molecular flexibility index (Phi) is 4.34. The minimum absolute atomic E-state index is 0.296. The molecule has 2 aromatic heterocycles. The molecule has 2 heterocycles. The smallest absolute Gasteiger partial charge is 0.338 e. The Labute approximate surface area is 138 Å². The molecule has 0 spiro atoms. The molecular formula is C18H14N4O2. The van der Waals surface area contributed by atoms with Crippen molar-refractivity contribution < 1.29 is 9.53 Å². The summed E-state index contributed by atoms with van der Waals surface area (Å²) in [4.78, 5) is 16.1. The Hall–Kier alpha value is -3.46. The molecule has 0 aliphatic carbocycles. The zero-order valence-electron chi connectivity index (χ0n) is 13.0. The van der Waals surface area contributed by atoms with E-state index >= 15 is 0 Å². The van der Waals surface area contributed by atoms with E-state index in [1.165, 1.54) is 10.9 Å². The molecule has 0 aliphatic heterocycles. The standard InChI is InChI=1S/C18H14N4O2/c1-2-24-18(23)14-8-9-20-17(10-14)22-12-15(16(11-19)21-22)13-6-4-3-5-7-13/h3-10,12H,2H2,1H3. The van der Waals surface area contributed by atoms with Crippen LogP contribution >= 0.6 is 0 Å². The second-order valence-electron chi connectivity index (χ2n) is 4.94. The van der Waals surface area contributed by atoms with Crippen molar-refractivity contribution in [3.63, 3.8) is 0 Å². The Morgan fingerprint density at radius 3 is 2.79 bits per heavy atom. The SMILES string of the molecule is CCOC(=O)c1ccnc(-n2cc(-c3ccccc3)c(C#N)n2)c1. The zero-order valence-corrected chi connectivity index (χ0v) is 13.0. The monoisotopic (exact) mass is 318 g/mol. The lowest BCUT2D eigenvalue weighted by molar-refractivity contribution is 0.0526. The minimum atomic E-state index is -0.419. The van der Waals surface area contributed by atoms with Gasteiger partial charge in [0.05, 0.1) is 12.2 Å². The number of rotatable bonds is 4. The first kappa shape index (κ1) is 15.4. The van der Waals surface area contributed by atoms with E-state index in [-0.39, 0.29) is 0 Å². The number of esters is 1. The fourth-order valence-electron chi connectivity index (χ4n) is 2.29. The number of pyridine rings is 1. The van der Waals surface area contributed by atoms with Crippen LogP contribution in [0.3, 0.4) is 0 Å². The van der Waals surface area contributed by atoms with Gasteiger partial charge in [0.15, 0.2) is 11.5 Å². The second-order valence-corrected chi connectivity index (χ2v) is 4.94. The second kappa shape index (κ2) is 6.75. The first-order valence-electron chi connectivity index (χ1n) is 7.41. The van der Waals surface area contributed by atoms with Crippen LogP contribution in [0.4, 0.5) is 0 Å². The van der Waals surface area contributed by atoms with Crippen LogP contribution in [0, 0.1) is 11.3 Å². The van der Waals surface area contributed by atoms with E-state index in [0.717, 1.165) is 5.56 Å². The van der Waals surface area contributed by atoms with Gasteiger partial charge in [0.25, 0.3) is 0 Å². The molecule has 3 rings (SSSR count). The number of nitriles is 1. The van der Waals surface area contributed by atoms with Crippen LogP contribution in [0.1, 0.15) is 23.0 Å². The third kappa shape index (κ3) is 3.01. The van der Waals surface area contributed by atoms with Gasteiger partial charge in [-0.15, -0.1) is 0 Å². The van der Waals surface area contributed by atoms with Crippen LogP contribution in [0.5, 0.6) is 0 Å². The van der Waals surface area contributed by atoms with Crippen LogP contribution < -0.4 is 0 Å². The lowest BCUT2D eigenvalue weighted by Gasteiger charge is -2.04. The number of hydrogen-bond donors (Lipinski definition) is 0. The highest BCUT2D eigenvalue weighted by Crippen LogP contribution is 2.23. The average molecular weight is 318 g/mol. The summed E-state index contributed by atoms with van der Waals surface area (Å²) in [6, 6.07) is 14.8. The predicted octanol–water partition coefficient (Wildman–Crippen LogP) is 2.98. The molecule has 0 saturated carbocycles. The van der Waals surface area contributed by atoms with Crippen LogP contribution in [0.2, 0.25) is 0 Å². The lowest BCUT2D eigenvalue weighted by Crippen LogP contribution is -2.07. The van der Waals surface area contributed by atoms with Gasteiger partial charge in [-0.25, -0.2) is 14.5 Å². The summed E-state index contributed by atoms with van der Waals surface area (Å²) >= 11 is 0. The number of ether oxygens (including phenoxy) is 1. The molecule has 0 unspecified atom stereocenters. The molecular weight excluding hydrogens is 304 g/mol. The summed E-state index contributed by atoms with van der Waals surface area (Å²) < 4.78 is 6.48. The fraction of sp³-hybridized carbons (Fsp3) is 0.111. The van der Waals surface area contributed by atoms with Gasteiger partial charge >= 0.3 is 5.97 Å². The summed E-state index contributed by atoms with van der Waals surface area (Å²) in [5.41, 5.74) is 2.28. The average Bonchev–Trinajstić information content (AvgIpc) is 3.07. The van der Waals surface area contributed by atoms with Crippen LogP contribution in [0.25, 0.3) is 16.9 Å². The van der Waals surface area contributed by atoms with E-state index in [4.69, 9.17) is 4.74 Å². The van der Waals surface area contributed by atoms with Gasteiger partial charge in [-0.05, 0) is 24.6 Å². The molecule has 0 amide bonds. The normalized spacial score (nSPS) is 10.2. The Morgan fingerprint density at radius 1 is 1.29 bits per heavy atom. The number of aromatic nitrogens is 3. The van der Waals surface area contributed by atoms with Crippen molar-refractivity contribution in [2.24, 2.45) is 0 Å². The van der Waals surface area contributed by atoms with Crippen molar-refractivity contribution in [1.82, 2.24) is 14.8 Å². The third-order valence-corrected chi connectivity index (χ3v) is 3.40. The van der Waals surface area contributed by atoms with Crippen molar-refractivity contribution >= 4 is 5.97 Å². The van der Waals surface area contributed by atoms with Crippen LogP contribution in [0.15, 0.2) is 54.9 Å². The van der Waals surface area contributed by atoms with Crippen molar-refractivity contribution in [1.29, 1.82) is 5.26 Å². The zero-order chi connectivity index (χ0) is 16.9. The molecule has 0 bridgehead atoms. The Bertz CT molecular complexity index is 910. The molecule has 6 nitrogen and oxygen atoms in total. The molecule has 0 saturated heterocycles. The molecule has 0 N–H and O–H groups in total. The molecule has 118 valence electrons. The van der Waals surface area contributed by atoms with Gasteiger partial charge < -0.3 is 4.74 Å². The highest BCUT2D eigenvalue weighted by molar-refractivity contribution is 5.89. The number of carbonyl (C=O) groups is 1. The number of benzene rings is 1. The summed E-state index contributed by atoms with van der Waals surface area (Å²) in [6.45, 7) is 2.05. The Morgan fingerprint density at radius 2 is 2.08 bits per heavy atom. The maximum absolute atomic E-state index is 11.8. The van der Waals surface area contributed by atoms with Gasteiger partial charge in [-0.1, -0.05) is 30.3 Å². The third-order valence-electron chi connectivity index (χ3n) is 3.40. The van der Waals surface area contributed by atoms with Crippen LogP contribution in [-0.2, 0) is 4.74 Å². The highest BCUT2D eigenvalue weighted by atomic mass is 16.5. The summed E-state index contributed by atoms with van der Waals surface area (Å²) in [6.07, 6.45) is 3.24. The fourth-order valence-corrected chi connectivity index (χ4v) is 2.29. The molecule has 3 aromatic rings. The quantitative estimate of drug-likeness (QED) is 0.691. The first-order chi connectivity index (χ1) is 11.7. The van der Waals surface area contributed by atoms with Gasteiger partial charge in [-0.2, -0.15) is 10.4 Å². The molecule has 0 atom stereocenters. The summed E-state index contributed by atoms with van der Waals surface area (Å²) in [5.74, 6) is 0.0244. The van der Waals surface area contributed by atoms with E-state index in [2.05, 4.69) is 16.2 Å². The van der Waals surface area contributed by atoms with Crippen molar-refractivity contribution in [3.8, 4) is 23.0 Å². The van der Waals surface area contributed by atoms with Gasteiger partial charge in [-0.3, -0.25) is 0 Å². The highest BCUT2D eigenvalue weighted by Gasteiger charge is 2.14. The van der Waals surface area contributed by atoms with E-state index < -0.39 is 5.97 Å². The molecule has 24 heavy (non-hydrogen) atoms. The van der Waals surface area contributed by atoms with E-state index in [1.807, 2.05) is 30.3 Å². The van der Waals surface area contributed by atoms with E-state index in [9.17, 15) is 10.1 Å². The van der Waals surface area contributed by atoms with Crippen molar-refractivity contribution in [3.05, 3.63) is 66.1 Å². The van der Waals surface area contributed by atoms with Gasteiger partial charge in [0.2, 0.25) is 0 Å². The van der Waals surface area contributed by atoms with Crippen LogP contribution in [-0.4, -0.2) is 27.3 Å². The predicted molar refractivity (Wildman–Crippen MR) is 87.5 cm³/mol. The summed E-state index contributed by atoms with van der Waals surface area (Å²) in [7, 11) is 0. The Balaban J connectivity index is 2.02. The lowest BCUT2D eigenvalue weighted by atomic mass is 10.1. The first-order valence-corrected chi connectivity index (χ1v) is 7.41. The largest absolute Gasteiger partial charge is 0.462 e. The molecule has 6 heteroatoms. The van der Waals surface area contributed by atoms with Crippen molar-refractivity contribution in [2.75, 3.05) is 6.61 Å². The van der Waals surface area contributed by atoms with E-state index in [1.54, 1.807) is 25.3 Å². The maximum atomic E-state index is 11.8. The number of carbonyl (C=O) groups excluding carboxylic acids is 1. The number of nitrogens with zero attached hydrogens (tertiary/aromatic N) is 4. The summed E-state index contributed by atoms with van der Waals surface area (Å²) in [5, 5.41) is 13.6. The molecule has 0 radical (unpaired) electrons. The van der Waals surface area contributed by atoms with Gasteiger partial charge in [0, 0.05) is 18.0 Å². The maximum Gasteiger partial charge on any atom is 0.338 e.